The Hall–Kier alpha value is 0.110. The van der Waals surface area contributed by atoms with Crippen LogP contribution < -0.4 is 0 Å². The number of hydrogen-bond acceptors (Lipinski definition) is 7. The minimum Gasteiger partial charge on any atom is -0.394 e. The standard InChI is InChI=1S/C8H16O6S/c9-3-4-5(10)6(11)7(12)8(14-4)13-1-2-15/h4-12,15H,1-3H2/t4?,5?,6-,7+,8-/m1/s1. The lowest BCUT2D eigenvalue weighted by Gasteiger charge is -2.39. The zero-order chi connectivity index (χ0) is 11.4. The summed E-state index contributed by atoms with van der Waals surface area (Å²) in [6, 6.07) is 0. The second kappa shape index (κ2) is 6.00. The van der Waals surface area contributed by atoms with E-state index in [1.807, 2.05) is 0 Å². The van der Waals surface area contributed by atoms with Crippen molar-refractivity contribution in [2.45, 2.75) is 30.7 Å². The monoisotopic (exact) mass is 240 g/mol. The first-order chi connectivity index (χ1) is 7.11. The van der Waals surface area contributed by atoms with E-state index in [1.54, 1.807) is 0 Å². The highest BCUT2D eigenvalue weighted by molar-refractivity contribution is 7.80. The van der Waals surface area contributed by atoms with E-state index in [9.17, 15) is 15.3 Å². The molecule has 0 amide bonds. The van der Waals surface area contributed by atoms with Crippen molar-refractivity contribution in [2.24, 2.45) is 0 Å². The van der Waals surface area contributed by atoms with Crippen molar-refractivity contribution in [3.63, 3.8) is 0 Å². The van der Waals surface area contributed by atoms with E-state index in [1.165, 1.54) is 0 Å². The van der Waals surface area contributed by atoms with Crippen LogP contribution in [-0.2, 0) is 9.47 Å². The van der Waals surface area contributed by atoms with Crippen molar-refractivity contribution >= 4 is 12.6 Å². The van der Waals surface area contributed by atoms with E-state index >= 15 is 0 Å². The van der Waals surface area contributed by atoms with Gasteiger partial charge < -0.3 is 29.9 Å². The fourth-order valence-corrected chi connectivity index (χ4v) is 1.48. The second-order valence-corrected chi connectivity index (χ2v) is 3.74. The van der Waals surface area contributed by atoms with Gasteiger partial charge in [0.2, 0.25) is 0 Å². The third-order valence-electron chi connectivity index (χ3n) is 2.22. The van der Waals surface area contributed by atoms with Gasteiger partial charge in [0.05, 0.1) is 13.2 Å². The van der Waals surface area contributed by atoms with Crippen LogP contribution in [0.25, 0.3) is 0 Å². The average Bonchev–Trinajstić information content (AvgIpc) is 2.25. The predicted molar refractivity (Wildman–Crippen MR) is 53.6 cm³/mol. The minimum atomic E-state index is -1.39. The Morgan fingerprint density at radius 2 is 1.80 bits per heavy atom. The molecular weight excluding hydrogens is 224 g/mol. The van der Waals surface area contributed by atoms with Crippen molar-refractivity contribution in [2.75, 3.05) is 19.0 Å². The lowest BCUT2D eigenvalue weighted by molar-refractivity contribution is -0.299. The molecule has 0 spiro atoms. The van der Waals surface area contributed by atoms with Crippen LogP contribution in [0, 0.1) is 0 Å². The summed E-state index contributed by atoms with van der Waals surface area (Å²) in [5.74, 6) is 0.440. The highest BCUT2D eigenvalue weighted by atomic mass is 32.1. The van der Waals surface area contributed by atoms with Gasteiger partial charge in [0.15, 0.2) is 6.29 Å². The van der Waals surface area contributed by atoms with Gasteiger partial charge in [-0.15, -0.1) is 0 Å². The number of ether oxygens (including phenoxy) is 2. The molecular formula is C8H16O6S. The van der Waals surface area contributed by atoms with E-state index in [0.717, 1.165) is 0 Å². The first-order valence-corrected chi connectivity index (χ1v) is 5.28. The molecule has 90 valence electrons. The fraction of sp³-hybridized carbons (Fsp3) is 1.00. The van der Waals surface area contributed by atoms with Crippen molar-refractivity contribution in [3.05, 3.63) is 0 Å². The van der Waals surface area contributed by atoms with E-state index in [4.69, 9.17) is 14.6 Å². The average molecular weight is 240 g/mol. The molecule has 5 atom stereocenters. The van der Waals surface area contributed by atoms with Crippen molar-refractivity contribution in [3.8, 4) is 0 Å². The van der Waals surface area contributed by atoms with E-state index in [0.29, 0.717) is 5.75 Å². The van der Waals surface area contributed by atoms with Crippen LogP contribution in [0.3, 0.4) is 0 Å². The second-order valence-electron chi connectivity index (χ2n) is 3.29. The fourth-order valence-electron chi connectivity index (χ4n) is 1.37. The van der Waals surface area contributed by atoms with Crippen molar-refractivity contribution in [1.82, 2.24) is 0 Å². The minimum absolute atomic E-state index is 0.242. The lowest BCUT2D eigenvalue weighted by atomic mass is 9.99. The van der Waals surface area contributed by atoms with Gasteiger partial charge in [-0.2, -0.15) is 12.6 Å². The highest BCUT2D eigenvalue weighted by Gasteiger charge is 2.43. The molecule has 1 aliphatic heterocycles. The smallest absolute Gasteiger partial charge is 0.186 e. The van der Waals surface area contributed by atoms with E-state index < -0.39 is 37.3 Å². The molecule has 7 heteroatoms. The molecule has 0 bridgehead atoms. The van der Waals surface area contributed by atoms with Crippen LogP contribution in [0.15, 0.2) is 0 Å². The number of aliphatic hydroxyl groups is 4. The SMILES string of the molecule is OCC1O[C@@H](OCCS)[C@@H](O)[C@H](O)C1O. The molecule has 0 aromatic rings. The molecule has 0 aromatic heterocycles. The van der Waals surface area contributed by atoms with Crippen LogP contribution in [-0.4, -0.2) is 70.1 Å². The van der Waals surface area contributed by atoms with Crippen LogP contribution in [0.1, 0.15) is 0 Å². The van der Waals surface area contributed by atoms with Crippen molar-refractivity contribution in [1.29, 1.82) is 0 Å². The molecule has 2 unspecified atom stereocenters. The molecule has 1 fully saturated rings. The Labute approximate surface area is 92.8 Å². The van der Waals surface area contributed by atoms with Gasteiger partial charge in [-0.05, 0) is 0 Å². The van der Waals surface area contributed by atoms with Crippen LogP contribution in [0.2, 0.25) is 0 Å². The molecule has 4 N–H and O–H groups in total. The van der Waals surface area contributed by atoms with Gasteiger partial charge in [0, 0.05) is 5.75 Å². The van der Waals surface area contributed by atoms with Gasteiger partial charge in [-0.25, -0.2) is 0 Å². The maximum Gasteiger partial charge on any atom is 0.186 e. The van der Waals surface area contributed by atoms with E-state index in [-0.39, 0.29) is 6.61 Å². The summed E-state index contributed by atoms with van der Waals surface area (Å²) in [5.41, 5.74) is 0. The summed E-state index contributed by atoms with van der Waals surface area (Å²) < 4.78 is 10.1. The summed E-state index contributed by atoms with van der Waals surface area (Å²) in [7, 11) is 0. The maximum absolute atomic E-state index is 9.48. The topological polar surface area (TPSA) is 99.4 Å². The first kappa shape index (κ1) is 13.2. The molecule has 1 saturated heterocycles. The third kappa shape index (κ3) is 3.04. The molecule has 0 aromatic carbocycles. The van der Waals surface area contributed by atoms with Crippen molar-refractivity contribution < 1.29 is 29.9 Å². The molecule has 1 aliphatic rings. The Balaban J connectivity index is 2.57. The molecule has 0 saturated carbocycles. The maximum atomic E-state index is 9.48. The summed E-state index contributed by atoms with van der Waals surface area (Å²) in [4.78, 5) is 0. The number of aliphatic hydroxyl groups excluding tert-OH is 4. The van der Waals surface area contributed by atoms with Crippen LogP contribution in [0.5, 0.6) is 0 Å². The molecule has 1 rings (SSSR count). The van der Waals surface area contributed by atoms with Gasteiger partial charge in [0.1, 0.15) is 24.4 Å². The highest BCUT2D eigenvalue weighted by Crippen LogP contribution is 2.21. The lowest BCUT2D eigenvalue weighted by Crippen LogP contribution is -2.59. The summed E-state index contributed by atoms with van der Waals surface area (Å²) >= 11 is 3.91. The Morgan fingerprint density at radius 1 is 1.13 bits per heavy atom. The summed E-state index contributed by atoms with van der Waals surface area (Å²) in [5, 5.41) is 37.2. The Kier molecular flexibility index (Phi) is 5.27. The Morgan fingerprint density at radius 3 is 2.33 bits per heavy atom. The molecule has 15 heavy (non-hydrogen) atoms. The Bertz CT molecular complexity index is 190. The van der Waals surface area contributed by atoms with Gasteiger partial charge in [-0.3, -0.25) is 0 Å². The van der Waals surface area contributed by atoms with Gasteiger partial charge in [-0.1, -0.05) is 0 Å². The van der Waals surface area contributed by atoms with Gasteiger partial charge in [0.25, 0.3) is 0 Å². The molecule has 0 radical (unpaired) electrons. The number of thiol groups is 1. The summed E-state index contributed by atoms with van der Waals surface area (Å²) in [6.07, 6.45) is -6.04. The quantitative estimate of drug-likeness (QED) is 0.355. The van der Waals surface area contributed by atoms with Crippen LogP contribution >= 0.6 is 12.6 Å². The number of hydrogen-bond donors (Lipinski definition) is 5. The largest absolute Gasteiger partial charge is 0.394 e. The van der Waals surface area contributed by atoms with E-state index in [2.05, 4.69) is 12.6 Å². The normalized spacial score (nSPS) is 41.8. The van der Waals surface area contributed by atoms with Crippen LogP contribution in [0.4, 0.5) is 0 Å². The molecule has 1 heterocycles. The molecule has 6 nitrogen and oxygen atoms in total. The number of rotatable bonds is 4. The summed E-state index contributed by atoms with van der Waals surface area (Å²) in [6.45, 7) is -0.211. The zero-order valence-electron chi connectivity index (χ0n) is 8.06. The zero-order valence-corrected chi connectivity index (χ0v) is 8.96. The van der Waals surface area contributed by atoms with Gasteiger partial charge >= 0.3 is 0 Å². The molecule has 0 aliphatic carbocycles. The predicted octanol–water partition coefficient (Wildman–Crippen LogP) is -2.27. The first-order valence-electron chi connectivity index (χ1n) is 4.64. The third-order valence-corrected chi connectivity index (χ3v) is 2.40.